The molecule has 0 saturated heterocycles. The molecule has 0 radical (unpaired) electrons. The van der Waals surface area contributed by atoms with Gasteiger partial charge in [-0.3, -0.25) is 4.79 Å². The number of carbonyl (C=O) groups is 1. The van der Waals surface area contributed by atoms with Crippen molar-refractivity contribution >= 4 is 5.91 Å². The van der Waals surface area contributed by atoms with E-state index in [1.165, 1.54) is 0 Å². The number of hydrogen-bond acceptors (Lipinski definition) is 3. The maximum atomic E-state index is 11.6. The van der Waals surface area contributed by atoms with E-state index in [1.54, 1.807) is 0 Å². The summed E-state index contributed by atoms with van der Waals surface area (Å²) in [7, 11) is 0. The molecule has 0 bridgehead atoms. The van der Waals surface area contributed by atoms with Gasteiger partial charge in [0.1, 0.15) is 5.41 Å². The van der Waals surface area contributed by atoms with Crippen LogP contribution in [0.5, 0.6) is 0 Å². The zero-order valence-corrected chi connectivity index (χ0v) is 8.92. The second-order valence-corrected chi connectivity index (χ2v) is 5.01. The van der Waals surface area contributed by atoms with Crippen LogP contribution in [-0.4, -0.2) is 12.1 Å². The fourth-order valence-electron chi connectivity index (χ4n) is 1.01. The highest BCUT2D eigenvalue weighted by atomic mass is 16.2. The average Bonchev–Trinajstić information content (AvgIpc) is 2.82. The van der Waals surface area contributed by atoms with Gasteiger partial charge in [-0.05, 0) is 18.3 Å². The molecule has 4 nitrogen and oxygen atoms in total. The fourth-order valence-corrected chi connectivity index (χ4v) is 1.01. The molecule has 1 amide bonds. The maximum Gasteiger partial charge on any atom is 0.241 e. The summed E-state index contributed by atoms with van der Waals surface area (Å²) in [5.74, 6) is -0.220. The normalized spacial score (nSPS) is 20.8. The molecule has 1 atom stereocenters. The molecule has 1 fully saturated rings. The summed E-state index contributed by atoms with van der Waals surface area (Å²) in [6.07, 6.45) is 0.916. The lowest BCUT2D eigenvalue weighted by Gasteiger charge is -2.28. The Balaban J connectivity index is 2.55. The van der Waals surface area contributed by atoms with Gasteiger partial charge in [0.15, 0.2) is 0 Å². The van der Waals surface area contributed by atoms with Crippen molar-refractivity contribution in [1.82, 2.24) is 5.32 Å². The van der Waals surface area contributed by atoms with Gasteiger partial charge in [0.05, 0.1) is 12.2 Å². The Morgan fingerprint density at radius 2 is 2.07 bits per heavy atom. The first-order chi connectivity index (χ1) is 6.32. The molecule has 0 aromatic carbocycles. The molecule has 0 unspecified atom stereocenters. The van der Waals surface area contributed by atoms with Crippen LogP contribution in [-0.2, 0) is 4.79 Å². The number of nitrogens with one attached hydrogen (secondary N) is 1. The highest BCUT2D eigenvalue weighted by molar-refractivity contribution is 5.88. The third-order valence-electron chi connectivity index (χ3n) is 2.62. The Hall–Kier alpha value is -1.08. The summed E-state index contributed by atoms with van der Waals surface area (Å²) in [6.45, 7) is 5.84. The molecule has 4 heteroatoms. The predicted molar refractivity (Wildman–Crippen MR) is 52.9 cm³/mol. The van der Waals surface area contributed by atoms with E-state index >= 15 is 0 Å². The summed E-state index contributed by atoms with van der Waals surface area (Å²) >= 11 is 0. The van der Waals surface area contributed by atoms with Gasteiger partial charge >= 0.3 is 0 Å². The maximum absolute atomic E-state index is 11.6. The smallest absolute Gasteiger partial charge is 0.241 e. The molecule has 3 N–H and O–H groups in total. The second kappa shape index (κ2) is 3.25. The van der Waals surface area contributed by atoms with Crippen molar-refractivity contribution in [2.24, 2.45) is 16.6 Å². The second-order valence-electron chi connectivity index (χ2n) is 5.01. The molecule has 1 aliphatic rings. The zero-order valence-electron chi connectivity index (χ0n) is 8.92. The molecule has 1 saturated carbocycles. The van der Waals surface area contributed by atoms with Crippen LogP contribution in [0.3, 0.4) is 0 Å². The molecule has 1 rings (SSSR count). The lowest BCUT2D eigenvalue weighted by atomic mass is 9.92. The third kappa shape index (κ3) is 2.05. The SMILES string of the molecule is CC(C)(C)[C@@H](N)NC(=O)C1(C#N)CC1. The van der Waals surface area contributed by atoms with E-state index in [9.17, 15) is 4.79 Å². The van der Waals surface area contributed by atoms with Gasteiger partial charge in [0.2, 0.25) is 5.91 Å². The molecule has 0 spiro atoms. The van der Waals surface area contributed by atoms with Crippen LogP contribution in [0.4, 0.5) is 0 Å². The monoisotopic (exact) mass is 195 g/mol. The van der Waals surface area contributed by atoms with Crippen LogP contribution in [0.1, 0.15) is 33.6 Å². The highest BCUT2D eigenvalue weighted by Gasteiger charge is 2.51. The van der Waals surface area contributed by atoms with Crippen LogP contribution in [0, 0.1) is 22.2 Å². The molecule has 0 heterocycles. The van der Waals surface area contributed by atoms with Crippen LogP contribution < -0.4 is 11.1 Å². The largest absolute Gasteiger partial charge is 0.339 e. The van der Waals surface area contributed by atoms with Crippen molar-refractivity contribution < 1.29 is 4.79 Å². The predicted octanol–water partition coefficient (Wildman–Crippen LogP) is 0.737. The number of carbonyl (C=O) groups excluding carboxylic acids is 1. The van der Waals surface area contributed by atoms with Gasteiger partial charge in [-0.15, -0.1) is 0 Å². The minimum atomic E-state index is -0.775. The zero-order chi connectivity index (χ0) is 11.0. The van der Waals surface area contributed by atoms with Crippen LogP contribution in [0.15, 0.2) is 0 Å². The van der Waals surface area contributed by atoms with Gasteiger partial charge in [-0.25, -0.2) is 0 Å². The van der Waals surface area contributed by atoms with E-state index in [1.807, 2.05) is 26.8 Å². The van der Waals surface area contributed by atoms with Gasteiger partial charge in [-0.1, -0.05) is 20.8 Å². The lowest BCUT2D eigenvalue weighted by Crippen LogP contribution is -2.52. The standard InChI is InChI=1S/C10H17N3O/c1-9(2,3)7(12)13-8(14)10(6-11)4-5-10/h7H,4-5,12H2,1-3H3,(H,13,14)/t7-/m0/s1. The summed E-state index contributed by atoms with van der Waals surface area (Å²) in [5.41, 5.74) is 4.84. The molecule has 14 heavy (non-hydrogen) atoms. The molecule has 0 aromatic heterocycles. The lowest BCUT2D eigenvalue weighted by molar-refractivity contribution is -0.125. The van der Waals surface area contributed by atoms with Crippen molar-refractivity contribution in [2.75, 3.05) is 0 Å². The molecular weight excluding hydrogens is 178 g/mol. The van der Waals surface area contributed by atoms with E-state index in [4.69, 9.17) is 11.0 Å². The molecule has 78 valence electrons. The van der Waals surface area contributed by atoms with E-state index in [2.05, 4.69) is 5.32 Å². The van der Waals surface area contributed by atoms with Gasteiger partial charge in [0.25, 0.3) is 0 Å². The van der Waals surface area contributed by atoms with Crippen LogP contribution in [0.25, 0.3) is 0 Å². The minimum Gasteiger partial charge on any atom is -0.339 e. The van der Waals surface area contributed by atoms with Gasteiger partial charge < -0.3 is 11.1 Å². The van der Waals surface area contributed by atoms with Crippen LogP contribution >= 0.6 is 0 Å². The van der Waals surface area contributed by atoms with Crippen LogP contribution in [0.2, 0.25) is 0 Å². The Morgan fingerprint density at radius 3 is 2.36 bits per heavy atom. The van der Waals surface area contributed by atoms with Crippen molar-refractivity contribution in [1.29, 1.82) is 5.26 Å². The number of nitrogens with two attached hydrogens (primary N) is 1. The Bertz CT molecular complexity index is 281. The van der Waals surface area contributed by atoms with Crippen molar-refractivity contribution in [3.63, 3.8) is 0 Å². The topological polar surface area (TPSA) is 78.9 Å². The highest BCUT2D eigenvalue weighted by Crippen LogP contribution is 2.45. The average molecular weight is 195 g/mol. The number of nitriles is 1. The summed E-state index contributed by atoms with van der Waals surface area (Å²) in [4.78, 5) is 11.6. The van der Waals surface area contributed by atoms with Crippen molar-refractivity contribution in [3.8, 4) is 6.07 Å². The Morgan fingerprint density at radius 1 is 1.57 bits per heavy atom. The van der Waals surface area contributed by atoms with E-state index in [-0.39, 0.29) is 11.3 Å². The molecule has 0 aliphatic heterocycles. The summed E-state index contributed by atoms with van der Waals surface area (Å²) in [5, 5.41) is 11.5. The molecule has 0 aromatic rings. The summed E-state index contributed by atoms with van der Waals surface area (Å²) < 4.78 is 0. The quantitative estimate of drug-likeness (QED) is 0.638. The number of rotatable bonds is 2. The van der Waals surface area contributed by atoms with Crippen molar-refractivity contribution in [2.45, 2.75) is 39.8 Å². The van der Waals surface area contributed by atoms with E-state index < -0.39 is 11.6 Å². The third-order valence-corrected chi connectivity index (χ3v) is 2.62. The van der Waals surface area contributed by atoms with Crippen molar-refractivity contribution in [3.05, 3.63) is 0 Å². The Labute approximate surface area is 84.5 Å². The molecule has 1 aliphatic carbocycles. The number of amides is 1. The first kappa shape index (κ1) is 11.0. The number of hydrogen-bond donors (Lipinski definition) is 2. The summed E-state index contributed by atoms with van der Waals surface area (Å²) in [6, 6.07) is 2.04. The first-order valence-corrected chi connectivity index (χ1v) is 4.80. The number of nitrogens with zero attached hydrogens (tertiary/aromatic N) is 1. The van der Waals surface area contributed by atoms with Gasteiger partial charge in [-0.2, -0.15) is 5.26 Å². The van der Waals surface area contributed by atoms with Gasteiger partial charge in [0, 0.05) is 0 Å². The first-order valence-electron chi connectivity index (χ1n) is 4.80. The fraction of sp³-hybridized carbons (Fsp3) is 0.800. The minimum absolute atomic E-state index is 0.179. The van der Waals surface area contributed by atoms with E-state index in [0.717, 1.165) is 0 Å². The Kier molecular flexibility index (Phi) is 2.55. The van der Waals surface area contributed by atoms with E-state index in [0.29, 0.717) is 12.8 Å². The molecular formula is C10H17N3O.